The number of nitrogens with zero attached hydrogens (tertiary/aromatic N) is 4. The van der Waals surface area contributed by atoms with Gasteiger partial charge in [0, 0.05) is 11.9 Å². The summed E-state index contributed by atoms with van der Waals surface area (Å²) in [5.74, 6) is 1.41. The third kappa shape index (κ3) is 2.93. The van der Waals surface area contributed by atoms with Gasteiger partial charge in [-0.15, -0.1) is 0 Å². The molecule has 1 atom stereocenters. The fourth-order valence-corrected chi connectivity index (χ4v) is 3.84. The molecule has 0 spiro atoms. The molecule has 1 aliphatic heterocycles. The molecule has 2 aromatic heterocycles. The number of amides is 1. The fourth-order valence-electron chi connectivity index (χ4n) is 3.84. The Morgan fingerprint density at radius 1 is 1.21 bits per heavy atom. The van der Waals surface area contributed by atoms with E-state index in [1.165, 1.54) is 0 Å². The Hall–Kier alpha value is -3.68. The Morgan fingerprint density at radius 2 is 2.03 bits per heavy atom. The lowest BCUT2D eigenvalue weighted by Gasteiger charge is -2.20. The van der Waals surface area contributed by atoms with Gasteiger partial charge in [-0.25, -0.2) is 0 Å². The number of methoxy groups -OCH3 is 1. The fraction of sp³-hybridized carbons (Fsp3) is 0.238. The van der Waals surface area contributed by atoms with E-state index in [1.807, 2.05) is 48.5 Å². The number of ether oxygens (including phenoxy) is 1. The van der Waals surface area contributed by atoms with Crippen LogP contribution in [0, 0.1) is 0 Å². The van der Waals surface area contributed by atoms with Gasteiger partial charge in [-0.2, -0.15) is 10.1 Å². The monoisotopic (exact) mass is 389 g/mol. The van der Waals surface area contributed by atoms with E-state index < -0.39 is 0 Å². The standard InChI is InChI=1S/C21H19N5O3/c1-28-17-11-5-3-8-14(17)19-22-20(29-25-19)16-10-6-12-26(16)21(27)18-13-7-2-4-9-15(13)23-24-18/h2-5,7-9,11,16H,6,10,12H2,1H3,(H,23,24)/t16-/m0/s1. The van der Waals surface area contributed by atoms with E-state index in [9.17, 15) is 4.79 Å². The van der Waals surface area contributed by atoms with E-state index in [0.29, 0.717) is 29.7 Å². The second-order valence-corrected chi connectivity index (χ2v) is 6.93. The number of nitrogens with one attached hydrogen (secondary N) is 1. The van der Waals surface area contributed by atoms with Crippen molar-refractivity contribution in [2.24, 2.45) is 0 Å². The molecule has 1 amide bonds. The minimum atomic E-state index is -0.270. The minimum Gasteiger partial charge on any atom is -0.496 e. The Balaban J connectivity index is 1.46. The molecule has 29 heavy (non-hydrogen) atoms. The normalized spacial score (nSPS) is 16.4. The molecule has 4 aromatic rings. The van der Waals surface area contributed by atoms with Crippen LogP contribution in [0.4, 0.5) is 0 Å². The summed E-state index contributed by atoms with van der Waals surface area (Å²) in [6.07, 6.45) is 1.63. The van der Waals surface area contributed by atoms with E-state index in [0.717, 1.165) is 29.3 Å². The van der Waals surface area contributed by atoms with Crippen molar-refractivity contribution in [1.82, 2.24) is 25.2 Å². The number of para-hydroxylation sites is 2. The van der Waals surface area contributed by atoms with Crippen molar-refractivity contribution in [1.29, 1.82) is 0 Å². The lowest BCUT2D eigenvalue weighted by molar-refractivity contribution is 0.0706. The first-order valence-corrected chi connectivity index (χ1v) is 9.47. The summed E-state index contributed by atoms with van der Waals surface area (Å²) >= 11 is 0. The highest BCUT2D eigenvalue weighted by Crippen LogP contribution is 2.35. The van der Waals surface area contributed by atoms with Crippen LogP contribution in [0.2, 0.25) is 0 Å². The third-order valence-electron chi connectivity index (χ3n) is 5.26. The summed E-state index contributed by atoms with van der Waals surface area (Å²) in [7, 11) is 1.60. The van der Waals surface area contributed by atoms with Crippen LogP contribution in [-0.2, 0) is 0 Å². The van der Waals surface area contributed by atoms with Gasteiger partial charge < -0.3 is 14.2 Å². The van der Waals surface area contributed by atoms with Gasteiger partial charge in [-0.05, 0) is 31.0 Å². The summed E-state index contributed by atoms with van der Waals surface area (Å²) in [5.41, 5.74) is 2.00. The summed E-state index contributed by atoms with van der Waals surface area (Å²) < 4.78 is 10.9. The smallest absolute Gasteiger partial charge is 0.275 e. The molecule has 5 rings (SSSR count). The first-order valence-electron chi connectivity index (χ1n) is 9.47. The maximum Gasteiger partial charge on any atom is 0.275 e. The van der Waals surface area contributed by atoms with E-state index in [2.05, 4.69) is 20.3 Å². The molecule has 0 aliphatic carbocycles. The predicted octanol–water partition coefficient (Wildman–Crippen LogP) is 3.60. The molecule has 1 saturated heterocycles. The molecule has 2 aromatic carbocycles. The highest BCUT2D eigenvalue weighted by atomic mass is 16.5. The van der Waals surface area contributed by atoms with Crippen molar-refractivity contribution in [3.8, 4) is 17.1 Å². The zero-order valence-electron chi connectivity index (χ0n) is 15.8. The van der Waals surface area contributed by atoms with Gasteiger partial charge in [0.15, 0.2) is 5.69 Å². The first kappa shape index (κ1) is 17.4. The molecule has 0 bridgehead atoms. The Labute approximate surface area is 166 Å². The van der Waals surface area contributed by atoms with E-state index in [-0.39, 0.29) is 11.9 Å². The van der Waals surface area contributed by atoms with Crippen molar-refractivity contribution >= 4 is 16.8 Å². The maximum atomic E-state index is 13.2. The average Bonchev–Trinajstić information content (AvgIpc) is 3.52. The van der Waals surface area contributed by atoms with E-state index in [4.69, 9.17) is 9.26 Å². The number of rotatable bonds is 4. The molecule has 8 nitrogen and oxygen atoms in total. The number of hydrogen-bond donors (Lipinski definition) is 1. The lowest BCUT2D eigenvalue weighted by atomic mass is 10.1. The van der Waals surface area contributed by atoms with Crippen LogP contribution in [0.15, 0.2) is 53.1 Å². The van der Waals surface area contributed by atoms with E-state index >= 15 is 0 Å². The van der Waals surface area contributed by atoms with E-state index in [1.54, 1.807) is 12.0 Å². The minimum absolute atomic E-state index is 0.137. The van der Waals surface area contributed by atoms with Crippen LogP contribution >= 0.6 is 0 Å². The molecule has 146 valence electrons. The van der Waals surface area contributed by atoms with Gasteiger partial charge in [-0.3, -0.25) is 9.89 Å². The van der Waals surface area contributed by atoms with Gasteiger partial charge in [0.05, 0.1) is 18.2 Å². The molecule has 0 unspecified atom stereocenters. The van der Waals surface area contributed by atoms with Crippen molar-refractivity contribution in [3.05, 3.63) is 60.1 Å². The van der Waals surface area contributed by atoms with Gasteiger partial charge in [-0.1, -0.05) is 35.5 Å². The number of aromatic amines is 1. The number of H-pyrrole nitrogens is 1. The summed E-state index contributed by atoms with van der Waals surface area (Å²) in [6.45, 7) is 0.622. The van der Waals surface area contributed by atoms with Gasteiger partial charge >= 0.3 is 0 Å². The molecule has 1 N–H and O–H groups in total. The SMILES string of the molecule is COc1ccccc1-c1noc([C@@H]2CCCN2C(=O)c2n[nH]c3ccccc23)n1. The van der Waals surface area contributed by atoms with Crippen LogP contribution in [-0.4, -0.2) is 44.8 Å². The average molecular weight is 389 g/mol. The number of aromatic nitrogens is 4. The summed E-state index contributed by atoms with van der Waals surface area (Å²) in [6, 6.07) is 14.8. The molecule has 0 radical (unpaired) electrons. The quantitative estimate of drug-likeness (QED) is 0.573. The van der Waals surface area contributed by atoms with Crippen LogP contribution in [0.5, 0.6) is 5.75 Å². The zero-order valence-corrected chi connectivity index (χ0v) is 15.8. The highest BCUT2D eigenvalue weighted by Gasteiger charge is 2.36. The predicted molar refractivity (Wildman–Crippen MR) is 105 cm³/mol. The molecule has 1 aliphatic rings. The molecule has 3 heterocycles. The van der Waals surface area contributed by atoms with Crippen LogP contribution in [0.25, 0.3) is 22.3 Å². The Kier molecular flexibility index (Phi) is 4.23. The van der Waals surface area contributed by atoms with Gasteiger partial charge in [0.25, 0.3) is 5.91 Å². The van der Waals surface area contributed by atoms with Gasteiger partial charge in [0.1, 0.15) is 11.8 Å². The second-order valence-electron chi connectivity index (χ2n) is 6.93. The second kappa shape index (κ2) is 7.05. The number of fused-ring (bicyclic) bond motifs is 1. The molecular weight excluding hydrogens is 370 g/mol. The number of benzene rings is 2. The Bertz CT molecular complexity index is 1180. The lowest BCUT2D eigenvalue weighted by Crippen LogP contribution is -2.31. The highest BCUT2D eigenvalue weighted by molar-refractivity contribution is 6.04. The maximum absolute atomic E-state index is 13.2. The molecule has 8 heteroatoms. The van der Waals surface area contributed by atoms with Crippen molar-refractivity contribution in [2.75, 3.05) is 13.7 Å². The zero-order chi connectivity index (χ0) is 19.8. The van der Waals surface area contributed by atoms with Crippen molar-refractivity contribution < 1.29 is 14.1 Å². The molecule has 0 saturated carbocycles. The summed E-state index contributed by atoms with van der Waals surface area (Å²) in [4.78, 5) is 19.6. The summed E-state index contributed by atoms with van der Waals surface area (Å²) in [5, 5.41) is 12.1. The number of hydrogen-bond acceptors (Lipinski definition) is 6. The topological polar surface area (TPSA) is 97.1 Å². The van der Waals surface area contributed by atoms with Crippen LogP contribution < -0.4 is 4.74 Å². The Morgan fingerprint density at radius 3 is 2.93 bits per heavy atom. The first-order chi connectivity index (χ1) is 14.3. The third-order valence-corrected chi connectivity index (χ3v) is 5.26. The van der Waals surface area contributed by atoms with Crippen molar-refractivity contribution in [2.45, 2.75) is 18.9 Å². The number of carbonyl (C=O) groups is 1. The van der Waals surface area contributed by atoms with Crippen LogP contribution in [0.1, 0.15) is 35.3 Å². The van der Waals surface area contributed by atoms with Crippen LogP contribution in [0.3, 0.4) is 0 Å². The molecule has 1 fully saturated rings. The largest absolute Gasteiger partial charge is 0.496 e. The van der Waals surface area contributed by atoms with Gasteiger partial charge in [0.2, 0.25) is 11.7 Å². The number of likely N-dealkylation sites (tertiary alicyclic amines) is 1. The number of carbonyl (C=O) groups excluding carboxylic acids is 1. The van der Waals surface area contributed by atoms with Crippen molar-refractivity contribution in [3.63, 3.8) is 0 Å². The molecular formula is C21H19N5O3.